The highest BCUT2D eigenvalue weighted by Gasteiger charge is 2.73. The maximum Gasteiger partial charge on any atom is 0.186 e. The highest BCUT2D eigenvalue weighted by molar-refractivity contribution is 5.23. The van der Waals surface area contributed by atoms with Gasteiger partial charge in [-0.25, -0.2) is 0 Å². The van der Waals surface area contributed by atoms with Gasteiger partial charge in [0.25, 0.3) is 0 Å². The zero-order valence-electron chi connectivity index (χ0n) is 11.9. The highest BCUT2D eigenvalue weighted by atomic mass is 16.7. The normalized spacial score (nSPS) is 57.7. The molecule has 0 aromatic carbocycles. The van der Waals surface area contributed by atoms with Crippen LogP contribution in [-0.2, 0) is 9.47 Å². The highest BCUT2D eigenvalue weighted by Crippen LogP contribution is 2.52. The van der Waals surface area contributed by atoms with Gasteiger partial charge in [0, 0.05) is 7.11 Å². The van der Waals surface area contributed by atoms with Crippen LogP contribution in [0.25, 0.3) is 0 Å². The van der Waals surface area contributed by atoms with Crippen LogP contribution in [0.5, 0.6) is 0 Å². The Morgan fingerprint density at radius 2 is 1.50 bits per heavy atom. The molecule has 6 nitrogen and oxygen atoms in total. The average Bonchev–Trinajstić information content (AvgIpc) is 2.26. The molecular formula is C12H25NO5. The lowest BCUT2D eigenvalue weighted by Crippen LogP contribution is -2.87. The van der Waals surface area contributed by atoms with Gasteiger partial charge in [-0.3, -0.25) is 0 Å². The van der Waals surface area contributed by atoms with Crippen molar-refractivity contribution in [2.75, 3.05) is 13.7 Å². The van der Waals surface area contributed by atoms with E-state index in [1.807, 2.05) is 0 Å². The molecule has 0 saturated carbocycles. The van der Waals surface area contributed by atoms with Gasteiger partial charge >= 0.3 is 0 Å². The van der Waals surface area contributed by atoms with Crippen molar-refractivity contribution in [2.24, 2.45) is 5.73 Å². The first kappa shape index (κ1) is 15.8. The first-order valence-electron chi connectivity index (χ1n) is 5.93. The number of aliphatic hydroxyl groups excluding tert-OH is 1. The Morgan fingerprint density at radius 3 is 1.83 bits per heavy atom. The third-order valence-electron chi connectivity index (χ3n) is 5.04. The first-order valence-corrected chi connectivity index (χ1v) is 5.93. The average molecular weight is 263 g/mol. The summed E-state index contributed by atoms with van der Waals surface area (Å²) in [5.74, 6) is -1.35. The third kappa shape index (κ3) is 1.51. The van der Waals surface area contributed by atoms with Crippen LogP contribution in [-0.4, -0.2) is 57.2 Å². The van der Waals surface area contributed by atoms with E-state index in [0.29, 0.717) is 0 Å². The molecule has 0 spiro atoms. The minimum atomic E-state index is -1.75. The smallest absolute Gasteiger partial charge is 0.186 e. The molecule has 5 unspecified atom stereocenters. The van der Waals surface area contributed by atoms with E-state index in [4.69, 9.17) is 15.2 Å². The Kier molecular flexibility index (Phi) is 3.41. The van der Waals surface area contributed by atoms with E-state index < -0.39 is 34.7 Å². The van der Waals surface area contributed by atoms with Crippen LogP contribution in [0.15, 0.2) is 0 Å². The van der Waals surface area contributed by atoms with Gasteiger partial charge in [-0.15, -0.1) is 0 Å². The first-order chi connectivity index (χ1) is 7.83. The van der Waals surface area contributed by atoms with Crippen molar-refractivity contribution in [2.45, 2.75) is 62.7 Å². The number of hydrogen-bond acceptors (Lipinski definition) is 6. The molecule has 5 N–H and O–H groups in total. The second-order valence-electron chi connectivity index (χ2n) is 5.99. The topological polar surface area (TPSA) is 105 Å². The summed E-state index contributed by atoms with van der Waals surface area (Å²) < 4.78 is 11.0. The summed E-state index contributed by atoms with van der Waals surface area (Å²) >= 11 is 0. The van der Waals surface area contributed by atoms with Crippen LogP contribution in [0.3, 0.4) is 0 Å². The monoisotopic (exact) mass is 263 g/mol. The van der Waals surface area contributed by atoms with E-state index in [0.717, 1.165) is 0 Å². The molecule has 0 aliphatic carbocycles. The molecule has 1 fully saturated rings. The molecule has 18 heavy (non-hydrogen) atoms. The second-order valence-corrected chi connectivity index (χ2v) is 5.99. The zero-order valence-corrected chi connectivity index (χ0v) is 11.9. The Morgan fingerprint density at radius 1 is 1.06 bits per heavy atom. The van der Waals surface area contributed by atoms with Gasteiger partial charge in [0.05, 0.1) is 12.1 Å². The van der Waals surface area contributed by atoms with E-state index in [9.17, 15) is 15.3 Å². The molecule has 1 aliphatic heterocycles. The summed E-state index contributed by atoms with van der Waals surface area (Å²) in [7, 11) is 1.40. The molecule has 0 aromatic heterocycles. The molecule has 6 heteroatoms. The van der Waals surface area contributed by atoms with Crippen molar-refractivity contribution in [3.05, 3.63) is 0 Å². The van der Waals surface area contributed by atoms with Crippen LogP contribution in [0.2, 0.25) is 0 Å². The van der Waals surface area contributed by atoms with Crippen LogP contribution in [0, 0.1) is 0 Å². The van der Waals surface area contributed by atoms with Crippen LogP contribution < -0.4 is 5.73 Å². The van der Waals surface area contributed by atoms with E-state index in [1.165, 1.54) is 27.9 Å². The Hall–Kier alpha value is -0.240. The van der Waals surface area contributed by atoms with Crippen molar-refractivity contribution in [1.82, 2.24) is 0 Å². The molecule has 1 rings (SSSR count). The predicted octanol–water partition coefficient (Wildman–Crippen LogP) is -0.650. The van der Waals surface area contributed by atoms with Crippen LogP contribution >= 0.6 is 0 Å². The Bertz CT molecular complexity index is 311. The number of methoxy groups -OCH3 is 1. The fourth-order valence-corrected chi connectivity index (χ4v) is 2.54. The van der Waals surface area contributed by atoms with Crippen molar-refractivity contribution in [1.29, 1.82) is 0 Å². The van der Waals surface area contributed by atoms with Crippen molar-refractivity contribution >= 4 is 0 Å². The van der Waals surface area contributed by atoms with Crippen LogP contribution in [0.1, 0.15) is 34.6 Å². The molecule has 1 heterocycles. The minimum Gasteiger partial charge on any atom is -0.393 e. The van der Waals surface area contributed by atoms with Gasteiger partial charge in [-0.2, -0.15) is 0 Å². The molecule has 1 saturated heterocycles. The fourth-order valence-electron chi connectivity index (χ4n) is 2.54. The zero-order chi connectivity index (χ0) is 14.6. The maximum atomic E-state index is 10.7. The summed E-state index contributed by atoms with van der Waals surface area (Å²) in [6.07, 6.45) is 0. The lowest BCUT2D eigenvalue weighted by atomic mass is 9.60. The van der Waals surface area contributed by atoms with Crippen molar-refractivity contribution in [3.63, 3.8) is 0 Å². The van der Waals surface area contributed by atoms with Crippen LogP contribution in [0.4, 0.5) is 0 Å². The van der Waals surface area contributed by atoms with E-state index in [2.05, 4.69) is 0 Å². The van der Waals surface area contributed by atoms with Gasteiger partial charge in [-0.05, 0) is 34.6 Å². The number of rotatable bonds is 2. The molecule has 1 aliphatic rings. The maximum absolute atomic E-state index is 10.7. The summed E-state index contributed by atoms with van der Waals surface area (Å²) in [6, 6.07) is 0. The number of ether oxygens (including phenoxy) is 2. The predicted molar refractivity (Wildman–Crippen MR) is 65.8 cm³/mol. The SMILES string of the molecule is COC1(C)OC(C)(CO)C(C)(O)C(C)(O)C1(C)N. The van der Waals surface area contributed by atoms with E-state index >= 15 is 0 Å². The van der Waals surface area contributed by atoms with Gasteiger partial charge in [0.1, 0.15) is 16.8 Å². The van der Waals surface area contributed by atoms with E-state index in [-0.39, 0.29) is 0 Å². The number of hydrogen-bond donors (Lipinski definition) is 4. The fraction of sp³-hybridized carbons (Fsp3) is 1.00. The lowest BCUT2D eigenvalue weighted by molar-refractivity contribution is -0.417. The van der Waals surface area contributed by atoms with Gasteiger partial charge in [0.2, 0.25) is 0 Å². The molecule has 0 radical (unpaired) electrons. The van der Waals surface area contributed by atoms with Gasteiger partial charge in [-0.1, -0.05) is 0 Å². The van der Waals surface area contributed by atoms with Crippen molar-refractivity contribution < 1.29 is 24.8 Å². The standard InChI is InChI=1S/C12H25NO5/c1-8(7-14)10(3,15)11(4,16)9(2,13)12(5,17-6)18-8/h14-16H,7,13H2,1-6H3. The lowest BCUT2D eigenvalue weighted by Gasteiger charge is -2.65. The second kappa shape index (κ2) is 3.88. The molecule has 5 atom stereocenters. The molecular weight excluding hydrogens is 238 g/mol. The molecule has 0 aromatic rings. The molecule has 108 valence electrons. The quantitative estimate of drug-likeness (QED) is 0.527. The third-order valence-corrected chi connectivity index (χ3v) is 5.04. The number of aliphatic hydroxyl groups is 3. The number of nitrogens with two attached hydrogens (primary N) is 1. The minimum absolute atomic E-state index is 0.481. The summed E-state index contributed by atoms with van der Waals surface area (Å²) in [4.78, 5) is 0. The van der Waals surface area contributed by atoms with Gasteiger partial charge < -0.3 is 30.5 Å². The Balaban J connectivity index is 3.49. The summed E-state index contributed by atoms with van der Waals surface area (Å²) in [5.41, 5.74) is -0.120. The Labute approximate surface area is 108 Å². The van der Waals surface area contributed by atoms with Gasteiger partial charge in [0.15, 0.2) is 5.79 Å². The summed E-state index contributed by atoms with van der Waals surface area (Å²) in [6.45, 7) is 6.95. The summed E-state index contributed by atoms with van der Waals surface area (Å²) in [5, 5.41) is 30.9. The molecule has 0 bridgehead atoms. The van der Waals surface area contributed by atoms with Crippen molar-refractivity contribution in [3.8, 4) is 0 Å². The molecule has 0 amide bonds. The van der Waals surface area contributed by atoms with E-state index in [1.54, 1.807) is 13.8 Å². The largest absolute Gasteiger partial charge is 0.393 e.